The second kappa shape index (κ2) is 4.84. The number of hydrogen-bond donors (Lipinski definition) is 3. The van der Waals surface area contributed by atoms with E-state index >= 15 is 0 Å². The Hall–Kier alpha value is -2.41. The van der Waals surface area contributed by atoms with E-state index in [0.29, 0.717) is 5.56 Å². The van der Waals surface area contributed by atoms with Gasteiger partial charge in [0.05, 0.1) is 5.56 Å². The minimum Gasteiger partial charge on any atom is -0.477 e. The molecule has 2 aromatic rings. The standard InChI is InChI=1S/C10H7ClN4O3/c11-7-2-1-5(4-12-7)9(16)13-8-3-6(10(17)18)14-15-8/h1-4H,(H,17,18)(H2,13,14,15,16). The lowest BCUT2D eigenvalue weighted by Crippen LogP contribution is -2.12. The highest BCUT2D eigenvalue weighted by Crippen LogP contribution is 2.09. The van der Waals surface area contributed by atoms with Gasteiger partial charge >= 0.3 is 5.97 Å². The molecule has 2 rings (SSSR count). The number of carboxylic acids is 1. The second-order valence-corrected chi connectivity index (χ2v) is 3.68. The third kappa shape index (κ3) is 2.64. The Morgan fingerprint density at radius 3 is 2.72 bits per heavy atom. The van der Waals surface area contributed by atoms with Crippen LogP contribution in [0, 0.1) is 0 Å². The summed E-state index contributed by atoms with van der Waals surface area (Å²) in [6, 6.07) is 4.18. The van der Waals surface area contributed by atoms with Crippen LogP contribution in [0.1, 0.15) is 20.8 Å². The fraction of sp³-hybridized carbons (Fsp3) is 0. The molecule has 1 amide bonds. The van der Waals surface area contributed by atoms with E-state index in [0.717, 1.165) is 0 Å². The van der Waals surface area contributed by atoms with Crippen LogP contribution in [0.2, 0.25) is 5.15 Å². The van der Waals surface area contributed by atoms with Crippen molar-refractivity contribution in [1.29, 1.82) is 0 Å². The second-order valence-electron chi connectivity index (χ2n) is 3.30. The third-order valence-electron chi connectivity index (χ3n) is 2.04. The normalized spacial score (nSPS) is 10.1. The molecule has 0 atom stereocenters. The van der Waals surface area contributed by atoms with Gasteiger partial charge in [-0.3, -0.25) is 9.89 Å². The van der Waals surface area contributed by atoms with Crippen LogP contribution in [-0.2, 0) is 0 Å². The van der Waals surface area contributed by atoms with Crippen molar-refractivity contribution < 1.29 is 14.7 Å². The number of H-pyrrole nitrogens is 1. The van der Waals surface area contributed by atoms with Crippen LogP contribution < -0.4 is 5.32 Å². The summed E-state index contributed by atoms with van der Waals surface area (Å²) in [7, 11) is 0. The molecule has 0 unspecified atom stereocenters. The molecule has 18 heavy (non-hydrogen) atoms. The quantitative estimate of drug-likeness (QED) is 0.728. The molecule has 0 saturated carbocycles. The topological polar surface area (TPSA) is 108 Å². The number of nitrogens with one attached hydrogen (secondary N) is 2. The number of halogens is 1. The molecular weight excluding hydrogens is 260 g/mol. The number of carboxylic acid groups (broad SMARTS) is 1. The van der Waals surface area contributed by atoms with Crippen molar-refractivity contribution in [2.45, 2.75) is 0 Å². The summed E-state index contributed by atoms with van der Waals surface area (Å²) >= 11 is 5.59. The van der Waals surface area contributed by atoms with Gasteiger partial charge < -0.3 is 10.4 Å². The Balaban J connectivity index is 2.11. The van der Waals surface area contributed by atoms with Crippen molar-refractivity contribution in [2.24, 2.45) is 0 Å². The fourth-order valence-corrected chi connectivity index (χ4v) is 1.31. The molecule has 0 aromatic carbocycles. The van der Waals surface area contributed by atoms with Crippen molar-refractivity contribution in [3.8, 4) is 0 Å². The van der Waals surface area contributed by atoms with Crippen LogP contribution in [0.15, 0.2) is 24.4 Å². The van der Waals surface area contributed by atoms with Gasteiger partial charge in [-0.05, 0) is 12.1 Å². The lowest BCUT2D eigenvalue weighted by atomic mass is 10.3. The molecule has 0 aliphatic heterocycles. The van der Waals surface area contributed by atoms with Crippen LogP contribution in [0.25, 0.3) is 0 Å². The number of aromatic carboxylic acids is 1. The fourth-order valence-electron chi connectivity index (χ4n) is 1.19. The van der Waals surface area contributed by atoms with Gasteiger partial charge in [-0.2, -0.15) is 5.10 Å². The van der Waals surface area contributed by atoms with Gasteiger partial charge in [-0.25, -0.2) is 9.78 Å². The number of nitrogens with zero attached hydrogens (tertiary/aromatic N) is 2. The molecule has 8 heteroatoms. The van der Waals surface area contributed by atoms with Crippen molar-refractivity contribution in [3.05, 3.63) is 40.8 Å². The van der Waals surface area contributed by atoms with E-state index in [4.69, 9.17) is 16.7 Å². The van der Waals surface area contributed by atoms with E-state index in [1.54, 1.807) is 0 Å². The zero-order valence-corrected chi connectivity index (χ0v) is 9.60. The first-order valence-corrected chi connectivity index (χ1v) is 5.15. The highest BCUT2D eigenvalue weighted by Gasteiger charge is 2.11. The number of carbonyl (C=O) groups is 2. The molecule has 0 radical (unpaired) electrons. The van der Waals surface area contributed by atoms with Crippen molar-refractivity contribution in [1.82, 2.24) is 15.2 Å². The van der Waals surface area contributed by atoms with E-state index in [-0.39, 0.29) is 16.7 Å². The first-order chi connectivity index (χ1) is 8.56. The Labute approximate surface area is 106 Å². The van der Waals surface area contributed by atoms with E-state index in [1.807, 2.05) is 0 Å². The number of aromatic nitrogens is 3. The van der Waals surface area contributed by atoms with Crippen LogP contribution in [0.5, 0.6) is 0 Å². The first kappa shape index (κ1) is 12.1. The molecule has 7 nitrogen and oxygen atoms in total. The van der Waals surface area contributed by atoms with E-state index in [1.165, 1.54) is 24.4 Å². The van der Waals surface area contributed by atoms with Crippen LogP contribution in [0.4, 0.5) is 5.82 Å². The molecule has 0 spiro atoms. The number of carbonyl (C=O) groups excluding carboxylic acids is 1. The summed E-state index contributed by atoms with van der Waals surface area (Å²) in [6.07, 6.45) is 1.31. The summed E-state index contributed by atoms with van der Waals surface area (Å²) in [5, 5.41) is 17.3. The molecule has 3 N–H and O–H groups in total. The van der Waals surface area contributed by atoms with Crippen molar-refractivity contribution in [3.63, 3.8) is 0 Å². The minimum absolute atomic E-state index is 0.112. The minimum atomic E-state index is -1.16. The van der Waals surface area contributed by atoms with Gasteiger partial charge in [-0.1, -0.05) is 11.6 Å². The highest BCUT2D eigenvalue weighted by molar-refractivity contribution is 6.29. The number of amides is 1. The number of aromatic amines is 1. The predicted octanol–water partition coefficient (Wildman–Crippen LogP) is 1.41. The summed E-state index contributed by atoms with van der Waals surface area (Å²) < 4.78 is 0. The maximum atomic E-state index is 11.7. The van der Waals surface area contributed by atoms with Crippen molar-refractivity contribution in [2.75, 3.05) is 5.32 Å². The van der Waals surface area contributed by atoms with Crippen LogP contribution in [0.3, 0.4) is 0 Å². The zero-order chi connectivity index (χ0) is 13.1. The summed E-state index contributed by atoms with van der Waals surface area (Å²) in [5.41, 5.74) is 0.179. The molecule has 92 valence electrons. The molecule has 0 aliphatic carbocycles. The lowest BCUT2D eigenvalue weighted by molar-refractivity contribution is 0.0690. The Morgan fingerprint density at radius 1 is 1.39 bits per heavy atom. The number of anilines is 1. The Morgan fingerprint density at radius 2 is 2.17 bits per heavy atom. The lowest BCUT2D eigenvalue weighted by Gasteiger charge is -2.00. The molecule has 0 fully saturated rings. The van der Waals surface area contributed by atoms with Crippen LogP contribution >= 0.6 is 11.6 Å². The first-order valence-electron chi connectivity index (χ1n) is 4.78. The van der Waals surface area contributed by atoms with Gasteiger partial charge in [0.15, 0.2) is 5.82 Å². The monoisotopic (exact) mass is 266 g/mol. The van der Waals surface area contributed by atoms with Gasteiger partial charge in [0.2, 0.25) is 0 Å². The SMILES string of the molecule is O=C(Nc1cc(C(=O)O)[nH]n1)c1ccc(Cl)nc1. The molecule has 2 heterocycles. The predicted molar refractivity (Wildman–Crippen MR) is 62.7 cm³/mol. The van der Waals surface area contributed by atoms with Gasteiger partial charge in [0.1, 0.15) is 10.8 Å². The van der Waals surface area contributed by atoms with E-state index < -0.39 is 11.9 Å². The number of rotatable bonds is 3. The van der Waals surface area contributed by atoms with Crippen LogP contribution in [-0.4, -0.2) is 32.2 Å². The van der Waals surface area contributed by atoms with Gasteiger partial charge in [0.25, 0.3) is 5.91 Å². The number of pyridine rings is 1. The van der Waals surface area contributed by atoms with E-state index in [9.17, 15) is 9.59 Å². The van der Waals surface area contributed by atoms with E-state index in [2.05, 4.69) is 20.5 Å². The number of hydrogen-bond acceptors (Lipinski definition) is 4. The van der Waals surface area contributed by atoms with Gasteiger partial charge in [0, 0.05) is 12.3 Å². The highest BCUT2D eigenvalue weighted by atomic mass is 35.5. The maximum Gasteiger partial charge on any atom is 0.353 e. The Kier molecular flexibility index (Phi) is 3.24. The average Bonchev–Trinajstić information content (AvgIpc) is 2.78. The third-order valence-corrected chi connectivity index (χ3v) is 2.26. The van der Waals surface area contributed by atoms with Crippen molar-refractivity contribution >= 4 is 29.3 Å². The largest absolute Gasteiger partial charge is 0.477 e. The molecular formula is C10H7ClN4O3. The summed E-state index contributed by atoms with van der Waals surface area (Å²) in [4.78, 5) is 26.1. The molecule has 0 bridgehead atoms. The smallest absolute Gasteiger partial charge is 0.353 e. The summed E-state index contributed by atoms with van der Waals surface area (Å²) in [6.45, 7) is 0. The van der Waals surface area contributed by atoms with Gasteiger partial charge in [-0.15, -0.1) is 0 Å². The maximum absolute atomic E-state index is 11.7. The zero-order valence-electron chi connectivity index (χ0n) is 8.85. The molecule has 0 saturated heterocycles. The average molecular weight is 267 g/mol. The molecule has 2 aromatic heterocycles. The Bertz CT molecular complexity index is 593. The molecule has 0 aliphatic rings. The summed E-state index contributed by atoms with van der Waals surface area (Å²) in [5.74, 6) is -1.49.